The Kier molecular flexibility index (Phi) is 3.52. The number of ether oxygens (including phenoxy) is 1. The second kappa shape index (κ2) is 4.73. The molecule has 1 aromatic heterocycles. The van der Waals surface area contributed by atoms with Crippen LogP contribution in [0.5, 0.6) is 0 Å². The molecular weight excluding hydrogens is 226 g/mol. The molecule has 5 heteroatoms. The first kappa shape index (κ1) is 11.9. The summed E-state index contributed by atoms with van der Waals surface area (Å²) in [6, 6.07) is 0. The van der Waals surface area contributed by atoms with Crippen LogP contribution in [0.25, 0.3) is 0 Å². The van der Waals surface area contributed by atoms with Crippen molar-refractivity contribution in [2.75, 3.05) is 13.2 Å². The van der Waals surface area contributed by atoms with Gasteiger partial charge < -0.3 is 14.6 Å². The minimum Gasteiger partial charge on any atom is -0.374 e. The summed E-state index contributed by atoms with van der Waals surface area (Å²) in [6.07, 6.45) is 3.96. The van der Waals surface area contributed by atoms with Crippen molar-refractivity contribution < 1.29 is 4.74 Å². The average Bonchev–Trinajstić information content (AvgIpc) is 2.80. The fourth-order valence-corrected chi connectivity index (χ4v) is 2.15. The zero-order valence-electron chi connectivity index (χ0n) is 9.79. The molecule has 0 spiro atoms. The van der Waals surface area contributed by atoms with Crippen LogP contribution in [0.2, 0.25) is 5.15 Å². The summed E-state index contributed by atoms with van der Waals surface area (Å²) in [5.41, 5.74) is -0.00500. The van der Waals surface area contributed by atoms with Crippen LogP contribution in [-0.2, 0) is 18.3 Å². The molecule has 0 amide bonds. The van der Waals surface area contributed by atoms with Crippen molar-refractivity contribution in [2.45, 2.75) is 31.9 Å². The number of nitrogens with one attached hydrogen (secondary N) is 1. The Morgan fingerprint density at radius 3 is 3.06 bits per heavy atom. The van der Waals surface area contributed by atoms with Crippen LogP contribution in [0.3, 0.4) is 0 Å². The largest absolute Gasteiger partial charge is 0.374 e. The van der Waals surface area contributed by atoms with Crippen LogP contribution in [-0.4, -0.2) is 28.3 Å². The molecule has 2 heterocycles. The Morgan fingerprint density at radius 2 is 2.50 bits per heavy atom. The minimum atomic E-state index is -0.00500. The molecule has 1 N–H and O–H groups in total. The number of aromatic nitrogens is 2. The topological polar surface area (TPSA) is 39.1 Å². The van der Waals surface area contributed by atoms with Crippen molar-refractivity contribution in [1.29, 1.82) is 0 Å². The Balaban J connectivity index is 1.82. The van der Waals surface area contributed by atoms with Crippen molar-refractivity contribution in [3.05, 3.63) is 17.2 Å². The lowest BCUT2D eigenvalue weighted by atomic mass is 10.0. The number of halogens is 1. The maximum absolute atomic E-state index is 5.91. The fraction of sp³-hybridized carbons (Fsp3) is 0.727. The number of hydrogen-bond acceptors (Lipinski definition) is 3. The van der Waals surface area contributed by atoms with Crippen LogP contribution in [0.15, 0.2) is 6.20 Å². The van der Waals surface area contributed by atoms with Gasteiger partial charge in [-0.25, -0.2) is 4.98 Å². The molecule has 1 fully saturated rings. The molecule has 0 saturated carbocycles. The van der Waals surface area contributed by atoms with E-state index in [0.29, 0.717) is 5.15 Å². The maximum atomic E-state index is 5.91. The van der Waals surface area contributed by atoms with Crippen molar-refractivity contribution in [3.8, 4) is 0 Å². The van der Waals surface area contributed by atoms with Crippen molar-refractivity contribution in [2.24, 2.45) is 7.05 Å². The molecule has 1 unspecified atom stereocenters. The molecule has 1 aromatic rings. The third kappa shape index (κ3) is 2.56. The molecule has 1 saturated heterocycles. The van der Waals surface area contributed by atoms with Gasteiger partial charge in [0, 0.05) is 20.2 Å². The number of hydrogen-bond donors (Lipinski definition) is 1. The van der Waals surface area contributed by atoms with E-state index in [4.69, 9.17) is 16.3 Å². The highest BCUT2D eigenvalue weighted by molar-refractivity contribution is 6.29. The number of rotatable bonds is 4. The summed E-state index contributed by atoms with van der Waals surface area (Å²) in [6.45, 7) is 4.62. The van der Waals surface area contributed by atoms with Gasteiger partial charge in [-0.3, -0.25) is 0 Å². The summed E-state index contributed by atoms with van der Waals surface area (Å²) in [4.78, 5) is 4.23. The third-order valence-corrected chi connectivity index (χ3v) is 3.46. The first-order valence-corrected chi connectivity index (χ1v) is 5.99. The summed E-state index contributed by atoms with van der Waals surface area (Å²) in [5, 5.41) is 4.04. The molecule has 0 bridgehead atoms. The number of nitrogens with zero attached hydrogens (tertiary/aromatic N) is 2. The summed E-state index contributed by atoms with van der Waals surface area (Å²) < 4.78 is 7.58. The molecule has 1 aliphatic rings. The molecule has 90 valence electrons. The van der Waals surface area contributed by atoms with E-state index in [1.54, 1.807) is 6.20 Å². The van der Waals surface area contributed by atoms with Crippen molar-refractivity contribution in [1.82, 2.24) is 14.9 Å². The first-order valence-electron chi connectivity index (χ1n) is 5.61. The van der Waals surface area contributed by atoms with E-state index in [-0.39, 0.29) is 5.60 Å². The van der Waals surface area contributed by atoms with Gasteiger partial charge in [-0.1, -0.05) is 11.6 Å². The molecule has 0 radical (unpaired) electrons. The minimum absolute atomic E-state index is 0.00500. The van der Waals surface area contributed by atoms with E-state index >= 15 is 0 Å². The lowest BCUT2D eigenvalue weighted by Crippen LogP contribution is -2.37. The molecule has 2 rings (SSSR count). The molecule has 0 aromatic carbocycles. The van der Waals surface area contributed by atoms with Crippen LogP contribution >= 0.6 is 11.6 Å². The highest BCUT2D eigenvalue weighted by Crippen LogP contribution is 2.23. The van der Waals surface area contributed by atoms with E-state index in [0.717, 1.165) is 38.4 Å². The van der Waals surface area contributed by atoms with Gasteiger partial charge >= 0.3 is 0 Å². The number of imidazole rings is 1. The van der Waals surface area contributed by atoms with Crippen LogP contribution < -0.4 is 5.32 Å². The molecule has 1 atom stereocenters. The van der Waals surface area contributed by atoms with E-state index in [1.807, 2.05) is 11.6 Å². The van der Waals surface area contributed by atoms with Crippen LogP contribution in [0, 0.1) is 0 Å². The van der Waals surface area contributed by atoms with Crippen molar-refractivity contribution >= 4 is 11.6 Å². The van der Waals surface area contributed by atoms with Gasteiger partial charge in [0.2, 0.25) is 0 Å². The summed E-state index contributed by atoms with van der Waals surface area (Å²) >= 11 is 5.91. The Labute approximate surface area is 101 Å². The van der Waals surface area contributed by atoms with Gasteiger partial charge in [0.05, 0.1) is 18.3 Å². The second-order valence-corrected chi connectivity index (χ2v) is 4.95. The van der Waals surface area contributed by atoms with E-state index in [1.165, 1.54) is 0 Å². The predicted octanol–water partition coefficient (Wildman–Crippen LogP) is 1.73. The highest BCUT2D eigenvalue weighted by atomic mass is 35.5. The smallest absolute Gasteiger partial charge is 0.128 e. The Bertz CT molecular complexity index is 358. The van der Waals surface area contributed by atoms with Gasteiger partial charge in [0.25, 0.3) is 0 Å². The standard InChI is InChI=1S/C11H18ClN3O/c1-11(4-3-5-16-11)8-13-7-10-14-6-9(12)15(10)2/h6,13H,3-5,7-8H2,1-2H3. The normalized spacial score (nSPS) is 25.2. The van der Waals surface area contributed by atoms with Crippen LogP contribution in [0.4, 0.5) is 0 Å². The molecular formula is C11H18ClN3O. The lowest BCUT2D eigenvalue weighted by Gasteiger charge is -2.23. The van der Waals surface area contributed by atoms with Crippen LogP contribution in [0.1, 0.15) is 25.6 Å². The predicted molar refractivity (Wildman–Crippen MR) is 63.5 cm³/mol. The first-order chi connectivity index (χ1) is 7.61. The lowest BCUT2D eigenvalue weighted by molar-refractivity contribution is 0.0205. The van der Waals surface area contributed by atoms with E-state index < -0.39 is 0 Å². The van der Waals surface area contributed by atoms with E-state index in [9.17, 15) is 0 Å². The second-order valence-electron chi connectivity index (χ2n) is 4.56. The SMILES string of the molecule is Cn1c(Cl)cnc1CNCC1(C)CCCO1. The van der Waals surface area contributed by atoms with Gasteiger partial charge in [0.15, 0.2) is 0 Å². The fourth-order valence-electron chi connectivity index (χ4n) is 2.00. The quantitative estimate of drug-likeness (QED) is 0.876. The maximum Gasteiger partial charge on any atom is 0.128 e. The average molecular weight is 244 g/mol. The van der Waals surface area contributed by atoms with Gasteiger partial charge in [-0.15, -0.1) is 0 Å². The van der Waals surface area contributed by atoms with Gasteiger partial charge in [-0.05, 0) is 19.8 Å². The summed E-state index contributed by atoms with van der Waals surface area (Å²) in [7, 11) is 1.92. The zero-order chi connectivity index (χ0) is 11.6. The molecule has 1 aliphatic heterocycles. The highest BCUT2D eigenvalue weighted by Gasteiger charge is 2.29. The monoisotopic (exact) mass is 243 g/mol. The van der Waals surface area contributed by atoms with Gasteiger partial charge in [0.1, 0.15) is 11.0 Å². The Morgan fingerprint density at radius 1 is 1.69 bits per heavy atom. The van der Waals surface area contributed by atoms with E-state index in [2.05, 4.69) is 17.2 Å². The molecule has 0 aliphatic carbocycles. The van der Waals surface area contributed by atoms with Gasteiger partial charge in [-0.2, -0.15) is 0 Å². The summed E-state index contributed by atoms with van der Waals surface area (Å²) in [5.74, 6) is 0.951. The molecule has 16 heavy (non-hydrogen) atoms. The molecule has 4 nitrogen and oxygen atoms in total. The Hall–Kier alpha value is -0.580. The van der Waals surface area contributed by atoms with Crippen molar-refractivity contribution in [3.63, 3.8) is 0 Å². The third-order valence-electron chi connectivity index (χ3n) is 3.11. The zero-order valence-corrected chi connectivity index (χ0v) is 10.5.